The number of carbonyl (C=O) groups excluding carboxylic acids is 1. The summed E-state index contributed by atoms with van der Waals surface area (Å²) in [5.74, 6) is 0.673. The summed E-state index contributed by atoms with van der Waals surface area (Å²) in [6, 6.07) is 20.1. The van der Waals surface area contributed by atoms with E-state index in [9.17, 15) is 4.79 Å². The molecular weight excluding hydrogens is 336 g/mol. The van der Waals surface area contributed by atoms with E-state index in [1.807, 2.05) is 51.1 Å². The topological polar surface area (TPSA) is 35.5 Å². The molecule has 3 aromatic carbocycles. The molecule has 0 amide bonds. The lowest BCUT2D eigenvalue weighted by atomic mass is 9.97. The SMILES string of the molecule is COc1cc(C=Cc2cccc3ccccc23)ccc1OC(=O)C(C)(C)C. The van der Waals surface area contributed by atoms with Crippen molar-refractivity contribution >= 4 is 28.9 Å². The van der Waals surface area contributed by atoms with Crippen molar-refractivity contribution in [1.82, 2.24) is 0 Å². The first-order chi connectivity index (χ1) is 12.9. The third-order valence-corrected chi connectivity index (χ3v) is 4.28. The van der Waals surface area contributed by atoms with Crippen LogP contribution in [0.2, 0.25) is 0 Å². The molecule has 3 aromatic rings. The van der Waals surface area contributed by atoms with E-state index in [2.05, 4.69) is 36.4 Å². The van der Waals surface area contributed by atoms with E-state index < -0.39 is 5.41 Å². The Bertz CT molecular complexity index is 989. The van der Waals surface area contributed by atoms with Crippen molar-refractivity contribution in [2.75, 3.05) is 7.11 Å². The number of hydrogen-bond donors (Lipinski definition) is 0. The Labute approximate surface area is 160 Å². The van der Waals surface area contributed by atoms with E-state index in [0.29, 0.717) is 11.5 Å². The van der Waals surface area contributed by atoms with E-state index in [0.717, 1.165) is 11.1 Å². The van der Waals surface area contributed by atoms with Crippen LogP contribution in [0.1, 0.15) is 31.9 Å². The van der Waals surface area contributed by atoms with Crippen LogP contribution >= 0.6 is 0 Å². The maximum absolute atomic E-state index is 12.1. The predicted octanol–water partition coefficient (Wildman–Crippen LogP) is 5.97. The molecule has 138 valence electrons. The molecule has 3 rings (SSSR count). The molecule has 0 aromatic heterocycles. The molecule has 3 heteroatoms. The summed E-state index contributed by atoms with van der Waals surface area (Å²) in [6.07, 6.45) is 4.11. The van der Waals surface area contributed by atoms with Gasteiger partial charge in [0.1, 0.15) is 0 Å². The van der Waals surface area contributed by atoms with E-state index in [1.165, 1.54) is 10.8 Å². The molecule has 0 fully saturated rings. The zero-order valence-electron chi connectivity index (χ0n) is 16.2. The van der Waals surface area contributed by atoms with Crippen LogP contribution in [-0.2, 0) is 4.79 Å². The molecule has 0 saturated carbocycles. The average Bonchev–Trinajstić information content (AvgIpc) is 2.66. The number of fused-ring (bicyclic) bond motifs is 1. The number of methoxy groups -OCH3 is 1. The number of hydrogen-bond acceptors (Lipinski definition) is 3. The molecule has 0 radical (unpaired) electrons. The van der Waals surface area contributed by atoms with Gasteiger partial charge >= 0.3 is 5.97 Å². The number of rotatable bonds is 4. The first-order valence-electron chi connectivity index (χ1n) is 8.94. The third kappa shape index (κ3) is 4.37. The largest absolute Gasteiger partial charge is 0.493 e. The maximum atomic E-state index is 12.1. The summed E-state index contributed by atoms with van der Waals surface area (Å²) in [7, 11) is 1.57. The minimum Gasteiger partial charge on any atom is -0.493 e. The molecule has 0 bridgehead atoms. The lowest BCUT2D eigenvalue weighted by molar-refractivity contribution is -0.143. The molecular formula is C24H24O3. The highest BCUT2D eigenvalue weighted by molar-refractivity contribution is 5.92. The molecule has 0 aliphatic rings. The van der Waals surface area contributed by atoms with Crippen LogP contribution in [0.15, 0.2) is 60.7 Å². The summed E-state index contributed by atoms with van der Waals surface area (Å²) in [4.78, 5) is 12.1. The maximum Gasteiger partial charge on any atom is 0.316 e. The highest BCUT2D eigenvalue weighted by Gasteiger charge is 2.24. The quantitative estimate of drug-likeness (QED) is 0.327. The normalized spacial score (nSPS) is 11.7. The van der Waals surface area contributed by atoms with Gasteiger partial charge < -0.3 is 9.47 Å². The molecule has 0 heterocycles. The minimum atomic E-state index is -0.571. The second-order valence-corrected chi connectivity index (χ2v) is 7.45. The number of ether oxygens (including phenoxy) is 2. The van der Waals surface area contributed by atoms with Crippen molar-refractivity contribution in [3.8, 4) is 11.5 Å². The van der Waals surface area contributed by atoms with Crippen molar-refractivity contribution in [2.45, 2.75) is 20.8 Å². The standard InChI is InChI=1S/C24H24O3/c1-24(2,3)23(25)27-21-15-13-17(16-22(21)26-4)12-14-19-10-7-9-18-8-5-6-11-20(18)19/h5-16H,1-4H3. The van der Waals surface area contributed by atoms with Gasteiger partial charge in [-0.15, -0.1) is 0 Å². The van der Waals surface area contributed by atoms with Gasteiger partial charge in [0.25, 0.3) is 0 Å². The van der Waals surface area contributed by atoms with Gasteiger partial charge in [0.2, 0.25) is 0 Å². The Kier molecular flexibility index (Phi) is 5.31. The molecule has 3 nitrogen and oxygen atoms in total. The Balaban J connectivity index is 1.87. The third-order valence-electron chi connectivity index (χ3n) is 4.28. The van der Waals surface area contributed by atoms with Crippen LogP contribution in [0.5, 0.6) is 11.5 Å². The molecule has 0 saturated heterocycles. The smallest absolute Gasteiger partial charge is 0.316 e. The van der Waals surface area contributed by atoms with Gasteiger partial charge in [-0.2, -0.15) is 0 Å². The number of benzene rings is 3. The zero-order chi connectivity index (χ0) is 19.4. The Hall–Kier alpha value is -3.07. The summed E-state index contributed by atoms with van der Waals surface area (Å²) < 4.78 is 10.9. The summed E-state index contributed by atoms with van der Waals surface area (Å²) in [5, 5.41) is 2.42. The summed E-state index contributed by atoms with van der Waals surface area (Å²) in [5.41, 5.74) is 1.54. The van der Waals surface area contributed by atoms with Gasteiger partial charge in [-0.1, -0.05) is 60.7 Å². The molecule has 27 heavy (non-hydrogen) atoms. The predicted molar refractivity (Wildman–Crippen MR) is 111 cm³/mol. The van der Waals surface area contributed by atoms with Crippen molar-refractivity contribution in [1.29, 1.82) is 0 Å². The minimum absolute atomic E-state index is 0.292. The zero-order valence-corrected chi connectivity index (χ0v) is 16.2. The number of carbonyl (C=O) groups is 1. The second-order valence-electron chi connectivity index (χ2n) is 7.45. The molecule has 0 aliphatic heterocycles. The average molecular weight is 360 g/mol. The van der Waals surface area contributed by atoms with Crippen molar-refractivity contribution in [3.63, 3.8) is 0 Å². The van der Waals surface area contributed by atoms with Crippen LogP contribution in [0, 0.1) is 5.41 Å². The van der Waals surface area contributed by atoms with Crippen molar-refractivity contribution in [3.05, 3.63) is 71.8 Å². The highest BCUT2D eigenvalue weighted by atomic mass is 16.6. The Morgan fingerprint density at radius 2 is 1.63 bits per heavy atom. The number of esters is 1. The van der Waals surface area contributed by atoms with Crippen LogP contribution < -0.4 is 9.47 Å². The van der Waals surface area contributed by atoms with E-state index in [-0.39, 0.29) is 5.97 Å². The second kappa shape index (κ2) is 7.67. The molecule has 0 N–H and O–H groups in total. The van der Waals surface area contributed by atoms with Crippen LogP contribution in [0.25, 0.3) is 22.9 Å². The summed E-state index contributed by atoms with van der Waals surface area (Å²) >= 11 is 0. The fraction of sp³-hybridized carbons (Fsp3) is 0.208. The van der Waals surface area contributed by atoms with E-state index >= 15 is 0 Å². The monoisotopic (exact) mass is 360 g/mol. The first-order valence-corrected chi connectivity index (χ1v) is 8.94. The Morgan fingerprint density at radius 3 is 2.37 bits per heavy atom. The van der Waals surface area contributed by atoms with Crippen molar-refractivity contribution in [2.24, 2.45) is 5.41 Å². The van der Waals surface area contributed by atoms with Crippen LogP contribution in [0.4, 0.5) is 0 Å². The molecule has 0 aliphatic carbocycles. The fourth-order valence-corrected chi connectivity index (χ4v) is 2.71. The van der Waals surface area contributed by atoms with Gasteiger partial charge in [-0.3, -0.25) is 4.79 Å². The molecule has 0 atom stereocenters. The van der Waals surface area contributed by atoms with Gasteiger partial charge in [-0.05, 0) is 54.8 Å². The van der Waals surface area contributed by atoms with Gasteiger partial charge in [0, 0.05) is 0 Å². The summed E-state index contributed by atoms with van der Waals surface area (Å²) in [6.45, 7) is 5.47. The fourth-order valence-electron chi connectivity index (χ4n) is 2.71. The lowest BCUT2D eigenvalue weighted by Gasteiger charge is -2.17. The van der Waals surface area contributed by atoms with E-state index in [4.69, 9.17) is 9.47 Å². The highest BCUT2D eigenvalue weighted by Crippen LogP contribution is 2.31. The van der Waals surface area contributed by atoms with Crippen LogP contribution in [0.3, 0.4) is 0 Å². The van der Waals surface area contributed by atoms with E-state index in [1.54, 1.807) is 13.2 Å². The van der Waals surface area contributed by atoms with Gasteiger partial charge in [-0.25, -0.2) is 0 Å². The van der Waals surface area contributed by atoms with Crippen molar-refractivity contribution < 1.29 is 14.3 Å². The Morgan fingerprint density at radius 1 is 0.889 bits per heavy atom. The van der Waals surface area contributed by atoms with Gasteiger partial charge in [0.15, 0.2) is 11.5 Å². The lowest BCUT2D eigenvalue weighted by Crippen LogP contribution is -2.25. The first kappa shape index (κ1) is 18.7. The molecule has 0 spiro atoms. The van der Waals surface area contributed by atoms with Gasteiger partial charge in [0.05, 0.1) is 12.5 Å². The van der Waals surface area contributed by atoms with Crippen LogP contribution in [-0.4, -0.2) is 13.1 Å². The molecule has 0 unspecified atom stereocenters.